The SMILES string of the molecule is CCCN(C1CCCCC1)[C@H]1COc2c(F)ccc(OS(=O)(=O)C(F)(F)F)c2C1. The first-order valence-electron chi connectivity index (χ1n) is 9.84. The normalized spacial score (nSPS) is 21.0. The van der Waals surface area contributed by atoms with Crippen LogP contribution >= 0.6 is 0 Å². The first-order chi connectivity index (χ1) is 13.6. The third-order valence-corrected chi connectivity index (χ3v) is 6.47. The Hall–Kier alpha value is -1.55. The lowest BCUT2D eigenvalue weighted by molar-refractivity contribution is -0.0500. The highest BCUT2D eigenvalue weighted by Crippen LogP contribution is 2.39. The molecule has 3 rings (SSSR count). The maximum absolute atomic E-state index is 14.2. The molecule has 5 nitrogen and oxygen atoms in total. The summed E-state index contributed by atoms with van der Waals surface area (Å²) in [5.74, 6) is -1.53. The number of hydrogen-bond donors (Lipinski definition) is 0. The number of hydrogen-bond acceptors (Lipinski definition) is 5. The smallest absolute Gasteiger partial charge is 0.488 e. The van der Waals surface area contributed by atoms with E-state index in [1.165, 1.54) is 6.42 Å². The van der Waals surface area contributed by atoms with E-state index in [1.54, 1.807) is 0 Å². The van der Waals surface area contributed by atoms with E-state index < -0.39 is 27.2 Å². The van der Waals surface area contributed by atoms with Gasteiger partial charge in [0.1, 0.15) is 12.4 Å². The molecule has 29 heavy (non-hydrogen) atoms. The zero-order valence-corrected chi connectivity index (χ0v) is 17.0. The van der Waals surface area contributed by atoms with E-state index >= 15 is 0 Å². The summed E-state index contributed by atoms with van der Waals surface area (Å²) in [5.41, 5.74) is -5.55. The van der Waals surface area contributed by atoms with Crippen LogP contribution in [0.4, 0.5) is 17.6 Å². The molecule has 1 aromatic carbocycles. The Morgan fingerprint density at radius 2 is 1.86 bits per heavy atom. The van der Waals surface area contributed by atoms with Crippen LogP contribution < -0.4 is 8.92 Å². The van der Waals surface area contributed by atoms with Crippen LogP contribution in [0, 0.1) is 5.82 Å². The molecule has 1 aliphatic carbocycles. The van der Waals surface area contributed by atoms with Crippen LogP contribution in [0.1, 0.15) is 51.0 Å². The fourth-order valence-corrected chi connectivity index (χ4v) is 4.68. The average Bonchev–Trinajstić information content (AvgIpc) is 2.68. The molecule has 0 saturated heterocycles. The third kappa shape index (κ3) is 4.79. The van der Waals surface area contributed by atoms with Gasteiger partial charge in [-0.1, -0.05) is 26.2 Å². The summed E-state index contributed by atoms with van der Waals surface area (Å²) in [7, 11) is -5.86. The molecule has 0 unspecified atom stereocenters. The maximum atomic E-state index is 14.2. The molecule has 0 aromatic heterocycles. The largest absolute Gasteiger partial charge is 0.534 e. The predicted molar refractivity (Wildman–Crippen MR) is 98.9 cm³/mol. The van der Waals surface area contributed by atoms with E-state index in [0.29, 0.717) is 6.04 Å². The lowest BCUT2D eigenvalue weighted by Crippen LogP contribution is -2.49. The summed E-state index contributed by atoms with van der Waals surface area (Å²) < 4.78 is 85.3. The van der Waals surface area contributed by atoms with Crippen molar-refractivity contribution in [3.05, 3.63) is 23.5 Å². The molecule has 1 aliphatic heterocycles. The number of nitrogens with zero attached hydrogens (tertiary/aromatic N) is 1. The van der Waals surface area contributed by atoms with Crippen LogP contribution in [-0.2, 0) is 16.5 Å². The van der Waals surface area contributed by atoms with Crippen molar-refractivity contribution in [1.29, 1.82) is 0 Å². The molecule has 0 spiro atoms. The fourth-order valence-electron chi connectivity index (χ4n) is 4.20. The number of fused-ring (bicyclic) bond motifs is 1. The zero-order valence-electron chi connectivity index (χ0n) is 16.2. The van der Waals surface area contributed by atoms with Gasteiger partial charge in [0.25, 0.3) is 0 Å². The van der Waals surface area contributed by atoms with Crippen LogP contribution in [0.2, 0.25) is 0 Å². The monoisotopic (exact) mass is 439 g/mol. The van der Waals surface area contributed by atoms with Crippen LogP contribution in [0.3, 0.4) is 0 Å². The van der Waals surface area contributed by atoms with Crippen molar-refractivity contribution in [2.75, 3.05) is 13.2 Å². The minimum absolute atomic E-state index is 0.0194. The van der Waals surface area contributed by atoms with Gasteiger partial charge in [-0.25, -0.2) is 4.39 Å². The minimum Gasteiger partial charge on any atom is -0.488 e. The van der Waals surface area contributed by atoms with Gasteiger partial charge in [-0.15, -0.1) is 0 Å². The van der Waals surface area contributed by atoms with Gasteiger partial charge in [0.15, 0.2) is 11.6 Å². The molecule has 0 radical (unpaired) electrons. The van der Waals surface area contributed by atoms with Crippen LogP contribution in [0.5, 0.6) is 11.5 Å². The van der Waals surface area contributed by atoms with E-state index in [1.807, 2.05) is 6.92 Å². The van der Waals surface area contributed by atoms with Crippen molar-refractivity contribution in [1.82, 2.24) is 4.90 Å². The summed E-state index contributed by atoms with van der Waals surface area (Å²) in [6.45, 7) is 3.01. The van der Waals surface area contributed by atoms with Gasteiger partial charge >= 0.3 is 15.6 Å². The number of benzene rings is 1. The van der Waals surface area contributed by atoms with E-state index in [-0.39, 0.29) is 30.4 Å². The highest BCUT2D eigenvalue weighted by atomic mass is 32.2. The summed E-state index contributed by atoms with van der Waals surface area (Å²) in [4.78, 5) is 2.27. The lowest BCUT2D eigenvalue weighted by atomic mass is 9.91. The summed E-state index contributed by atoms with van der Waals surface area (Å²) in [6, 6.07) is 1.90. The first-order valence-corrected chi connectivity index (χ1v) is 11.3. The molecule has 1 saturated carbocycles. The lowest BCUT2D eigenvalue weighted by Gasteiger charge is -2.41. The summed E-state index contributed by atoms with van der Waals surface area (Å²) in [6.07, 6.45) is 6.50. The fraction of sp³-hybridized carbons (Fsp3) is 0.684. The van der Waals surface area contributed by atoms with Gasteiger partial charge in [0, 0.05) is 17.6 Å². The Morgan fingerprint density at radius 1 is 1.17 bits per heavy atom. The highest BCUT2D eigenvalue weighted by molar-refractivity contribution is 7.88. The molecule has 1 atom stereocenters. The Balaban J connectivity index is 1.90. The third-order valence-electron chi connectivity index (χ3n) is 5.51. The van der Waals surface area contributed by atoms with Gasteiger partial charge in [0.05, 0.1) is 0 Å². The number of halogens is 4. The zero-order chi connectivity index (χ0) is 21.2. The van der Waals surface area contributed by atoms with Crippen molar-refractivity contribution in [3.8, 4) is 11.5 Å². The predicted octanol–water partition coefficient (Wildman–Crippen LogP) is 4.40. The van der Waals surface area contributed by atoms with Crippen molar-refractivity contribution in [2.45, 2.75) is 69.5 Å². The van der Waals surface area contributed by atoms with E-state index in [0.717, 1.165) is 50.8 Å². The van der Waals surface area contributed by atoms with E-state index in [2.05, 4.69) is 9.08 Å². The number of rotatable bonds is 6. The standard InChI is InChI=1S/C19H25F4NO4S/c1-2-10-24(13-6-4-3-5-7-13)14-11-15-17(28-29(25,26)19(21,22)23)9-8-16(20)18(15)27-12-14/h8-9,13-14H,2-7,10-12H2,1H3/t14-/m1/s1. The van der Waals surface area contributed by atoms with Gasteiger partial charge in [0.2, 0.25) is 0 Å². The van der Waals surface area contributed by atoms with Gasteiger partial charge in [-0.05, 0) is 44.4 Å². The van der Waals surface area contributed by atoms with Gasteiger partial charge in [-0.3, -0.25) is 4.90 Å². The van der Waals surface area contributed by atoms with Crippen LogP contribution in [0.15, 0.2) is 12.1 Å². The Morgan fingerprint density at radius 3 is 2.48 bits per heavy atom. The Labute approximate surface area is 168 Å². The highest BCUT2D eigenvalue weighted by Gasteiger charge is 2.49. The Bertz CT molecular complexity index is 822. The molecule has 0 amide bonds. The molecule has 1 aromatic rings. The molecule has 1 fully saturated rings. The molecule has 0 N–H and O–H groups in total. The Kier molecular flexibility index (Phi) is 6.62. The first kappa shape index (κ1) is 22.1. The molecule has 2 aliphatic rings. The van der Waals surface area contributed by atoms with Gasteiger partial charge < -0.3 is 8.92 Å². The van der Waals surface area contributed by atoms with E-state index in [4.69, 9.17) is 4.74 Å². The number of ether oxygens (including phenoxy) is 1. The van der Waals surface area contributed by atoms with Crippen LogP contribution in [-0.4, -0.2) is 44.1 Å². The number of alkyl halides is 3. The summed E-state index contributed by atoms with van der Waals surface area (Å²) in [5, 5.41) is 0. The van der Waals surface area contributed by atoms with Crippen molar-refractivity contribution in [3.63, 3.8) is 0 Å². The van der Waals surface area contributed by atoms with Crippen LogP contribution in [0.25, 0.3) is 0 Å². The van der Waals surface area contributed by atoms with E-state index in [9.17, 15) is 26.0 Å². The second-order valence-electron chi connectivity index (χ2n) is 7.54. The minimum atomic E-state index is -5.86. The molecule has 0 bridgehead atoms. The molecule has 10 heteroatoms. The molecule has 164 valence electrons. The van der Waals surface area contributed by atoms with Crippen molar-refractivity contribution in [2.24, 2.45) is 0 Å². The van der Waals surface area contributed by atoms with Gasteiger partial charge in [-0.2, -0.15) is 21.6 Å². The maximum Gasteiger partial charge on any atom is 0.534 e. The second-order valence-corrected chi connectivity index (χ2v) is 9.07. The van der Waals surface area contributed by atoms with Crippen molar-refractivity contribution >= 4 is 10.1 Å². The molecular weight excluding hydrogens is 414 g/mol. The summed E-state index contributed by atoms with van der Waals surface area (Å²) >= 11 is 0. The quantitative estimate of drug-likeness (QED) is 0.374. The molecule has 1 heterocycles. The topological polar surface area (TPSA) is 55.8 Å². The van der Waals surface area contributed by atoms with Crippen molar-refractivity contribution < 1.29 is 34.9 Å². The molecular formula is C19H25F4NO4S. The second kappa shape index (κ2) is 8.67. The average molecular weight is 439 g/mol.